The van der Waals surface area contributed by atoms with Crippen LogP contribution in [0.2, 0.25) is 0 Å². The summed E-state index contributed by atoms with van der Waals surface area (Å²) in [6.07, 6.45) is 8.38. The largest absolute Gasteiger partial charge is 0.461 e. The van der Waals surface area contributed by atoms with Crippen LogP contribution in [-0.2, 0) is 17.6 Å². The van der Waals surface area contributed by atoms with Gasteiger partial charge in [0.25, 0.3) is 5.91 Å². The van der Waals surface area contributed by atoms with Crippen molar-refractivity contribution in [2.75, 3.05) is 10.6 Å². The van der Waals surface area contributed by atoms with E-state index in [0.717, 1.165) is 69.7 Å². The lowest BCUT2D eigenvalue weighted by atomic mass is 9.89. The number of nitrogens with one attached hydrogen (secondary N) is 2. The molecule has 0 bridgehead atoms. The maximum absolute atomic E-state index is 13.0. The van der Waals surface area contributed by atoms with E-state index in [4.69, 9.17) is 4.42 Å². The van der Waals surface area contributed by atoms with Gasteiger partial charge in [0.1, 0.15) is 11.5 Å². The van der Waals surface area contributed by atoms with Crippen LogP contribution in [0.4, 0.5) is 11.4 Å². The molecule has 1 amide bonds. The second-order valence-corrected chi connectivity index (χ2v) is 10.1. The number of carbonyl (C=O) groups is 1. The number of halogens is 1. The second-order valence-electron chi connectivity index (χ2n) is 8.95. The number of aryl methyl sites for hydroxylation is 1. The first-order chi connectivity index (χ1) is 16.1. The third kappa shape index (κ3) is 4.23. The summed E-state index contributed by atoms with van der Waals surface area (Å²) in [5.41, 5.74) is 7.38. The molecule has 1 aliphatic heterocycles. The molecule has 0 saturated heterocycles. The number of furan rings is 1. The van der Waals surface area contributed by atoms with Crippen LogP contribution in [0.1, 0.15) is 72.4 Å². The van der Waals surface area contributed by atoms with Crippen LogP contribution < -0.4 is 10.6 Å². The van der Waals surface area contributed by atoms with Crippen molar-refractivity contribution in [1.29, 1.82) is 0 Å². The molecule has 5 rings (SSSR count). The molecule has 5 heteroatoms. The van der Waals surface area contributed by atoms with Crippen LogP contribution in [0.25, 0.3) is 11.6 Å². The highest BCUT2D eigenvalue weighted by Gasteiger charge is 2.31. The van der Waals surface area contributed by atoms with E-state index in [2.05, 4.69) is 77.4 Å². The molecule has 0 saturated carbocycles. The summed E-state index contributed by atoms with van der Waals surface area (Å²) in [5, 5.41) is 6.80. The number of fused-ring (bicyclic) bond motifs is 2. The molecule has 2 N–H and O–H groups in total. The minimum atomic E-state index is -0.0570. The van der Waals surface area contributed by atoms with Gasteiger partial charge in [0.15, 0.2) is 0 Å². The van der Waals surface area contributed by atoms with E-state index in [1.807, 2.05) is 18.2 Å². The molecule has 2 aromatic carbocycles. The summed E-state index contributed by atoms with van der Waals surface area (Å²) >= 11 is 2.34. The van der Waals surface area contributed by atoms with Crippen molar-refractivity contribution in [1.82, 2.24) is 0 Å². The Hall–Kier alpha value is -2.54. The lowest BCUT2D eigenvalue weighted by Crippen LogP contribution is -2.14. The normalized spacial score (nSPS) is 16.9. The Morgan fingerprint density at radius 1 is 1.15 bits per heavy atom. The molecule has 3 aromatic rings. The average Bonchev–Trinajstić information content (AvgIpc) is 3.34. The maximum Gasteiger partial charge on any atom is 0.256 e. The summed E-state index contributed by atoms with van der Waals surface area (Å²) in [5.74, 6) is 1.87. The Bertz CT molecular complexity index is 1230. The smallest absolute Gasteiger partial charge is 0.256 e. The lowest BCUT2D eigenvalue weighted by Gasteiger charge is -2.22. The summed E-state index contributed by atoms with van der Waals surface area (Å²) in [4.78, 5) is 13.0. The molecule has 33 heavy (non-hydrogen) atoms. The zero-order chi connectivity index (χ0) is 22.9. The Kier molecular flexibility index (Phi) is 6.32. The summed E-state index contributed by atoms with van der Waals surface area (Å²) in [7, 11) is 0. The van der Waals surface area contributed by atoms with E-state index in [1.165, 1.54) is 17.5 Å². The number of hydrogen-bond donors (Lipinski definition) is 2. The average molecular weight is 552 g/mol. The maximum atomic E-state index is 13.0. The van der Waals surface area contributed by atoms with E-state index in [1.54, 1.807) is 0 Å². The molecule has 2 heterocycles. The molecule has 1 atom stereocenters. The first kappa shape index (κ1) is 22.3. The molecule has 4 nitrogen and oxygen atoms in total. The fourth-order valence-corrected chi connectivity index (χ4v) is 5.57. The van der Waals surface area contributed by atoms with Crippen molar-refractivity contribution < 1.29 is 9.21 Å². The van der Waals surface area contributed by atoms with Crippen molar-refractivity contribution in [2.24, 2.45) is 0 Å². The number of amides is 1. The molecular weight excluding hydrogens is 523 g/mol. The highest BCUT2D eigenvalue weighted by atomic mass is 127. The number of rotatable bonds is 6. The molecule has 170 valence electrons. The van der Waals surface area contributed by atoms with Crippen LogP contribution in [-0.4, -0.2) is 5.91 Å². The van der Waals surface area contributed by atoms with Crippen LogP contribution in [0.5, 0.6) is 0 Å². The van der Waals surface area contributed by atoms with Gasteiger partial charge >= 0.3 is 0 Å². The van der Waals surface area contributed by atoms with E-state index in [9.17, 15) is 4.79 Å². The molecule has 2 aliphatic rings. The van der Waals surface area contributed by atoms with Crippen molar-refractivity contribution in [3.05, 3.63) is 79.8 Å². The minimum absolute atomic E-state index is 0.0570. The minimum Gasteiger partial charge on any atom is -0.461 e. The second kappa shape index (κ2) is 9.37. The predicted molar refractivity (Wildman–Crippen MR) is 143 cm³/mol. The summed E-state index contributed by atoms with van der Waals surface area (Å²) in [6.45, 7) is 4.30. The first-order valence-corrected chi connectivity index (χ1v) is 12.9. The van der Waals surface area contributed by atoms with Crippen molar-refractivity contribution in [3.63, 3.8) is 0 Å². The molecule has 1 unspecified atom stereocenters. The van der Waals surface area contributed by atoms with Crippen molar-refractivity contribution >= 4 is 51.5 Å². The van der Waals surface area contributed by atoms with E-state index in [0.29, 0.717) is 5.57 Å². The number of para-hydroxylation sites is 1. The zero-order valence-corrected chi connectivity index (χ0v) is 21.3. The molecule has 0 fully saturated rings. The molecule has 0 radical (unpaired) electrons. The van der Waals surface area contributed by atoms with Gasteiger partial charge in [0.2, 0.25) is 0 Å². The van der Waals surface area contributed by atoms with Gasteiger partial charge < -0.3 is 15.1 Å². The standard InChI is InChI=1S/C28H29IN2O2/c1-3-9-22(30-18-10-5-4-6-11-18)27-19-12-7-8-13-24(19)33-25(27)16-20-26-17(2)21(29)14-15-23(26)31-28(20)32/h4-6,10-11,14-16,22,30H,3,7-9,12-13H2,1-2H3,(H,31,32). The topological polar surface area (TPSA) is 54.3 Å². The van der Waals surface area contributed by atoms with Gasteiger partial charge in [-0.05, 0) is 96.7 Å². The SMILES string of the molecule is CCCC(Nc1ccccc1)c1c(C=C2C(=O)Nc3ccc(I)c(C)c32)oc2c1CCCC2. The van der Waals surface area contributed by atoms with Crippen LogP contribution in [0, 0.1) is 10.5 Å². The first-order valence-electron chi connectivity index (χ1n) is 11.8. The number of hydrogen-bond acceptors (Lipinski definition) is 3. The quantitative estimate of drug-likeness (QED) is 0.246. The van der Waals surface area contributed by atoms with E-state index >= 15 is 0 Å². The van der Waals surface area contributed by atoms with Gasteiger partial charge in [-0.25, -0.2) is 0 Å². The van der Waals surface area contributed by atoms with Crippen LogP contribution in [0.3, 0.4) is 0 Å². The number of anilines is 2. The highest BCUT2D eigenvalue weighted by molar-refractivity contribution is 14.1. The van der Waals surface area contributed by atoms with E-state index in [-0.39, 0.29) is 11.9 Å². The highest BCUT2D eigenvalue weighted by Crippen LogP contribution is 2.42. The van der Waals surface area contributed by atoms with Crippen LogP contribution in [0.15, 0.2) is 46.9 Å². The Morgan fingerprint density at radius 2 is 1.94 bits per heavy atom. The van der Waals surface area contributed by atoms with Gasteiger partial charge in [-0.3, -0.25) is 4.79 Å². The van der Waals surface area contributed by atoms with Crippen molar-refractivity contribution in [3.8, 4) is 0 Å². The fraction of sp³-hybridized carbons (Fsp3) is 0.321. The summed E-state index contributed by atoms with van der Waals surface area (Å²) in [6, 6.07) is 14.6. The molecule has 1 aliphatic carbocycles. The van der Waals surface area contributed by atoms with Crippen LogP contribution >= 0.6 is 22.6 Å². The summed E-state index contributed by atoms with van der Waals surface area (Å²) < 4.78 is 7.65. The molecular formula is C28H29IN2O2. The van der Waals surface area contributed by atoms with E-state index < -0.39 is 0 Å². The Labute approximate surface area is 209 Å². The monoisotopic (exact) mass is 552 g/mol. The third-order valence-electron chi connectivity index (χ3n) is 6.72. The van der Waals surface area contributed by atoms with Gasteiger partial charge in [-0.1, -0.05) is 31.5 Å². The Balaban J connectivity index is 1.64. The van der Waals surface area contributed by atoms with Crippen molar-refractivity contribution in [2.45, 2.75) is 58.4 Å². The molecule has 1 aromatic heterocycles. The third-order valence-corrected chi connectivity index (χ3v) is 7.89. The van der Waals surface area contributed by atoms with Gasteiger partial charge in [-0.2, -0.15) is 0 Å². The van der Waals surface area contributed by atoms with Gasteiger partial charge in [0, 0.05) is 32.5 Å². The number of benzene rings is 2. The predicted octanol–water partition coefficient (Wildman–Crippen LogP) is 7.52. The zero-order valence-electron chi connectivity index (χ0n) is 19.1. The fourth-order valence-electron chi connectivity index (χ4n) is 5.12. The number of carbonyl (C=O) groups excluding carboxylic acids is 1. The Morgan fingerprint density at radius 3 is 2.73 bits per heavy atom. The lowest BCUT2D eigenvalue weighted by molar-refractivity contribution is -0.110. The van der Waals surface area contributed by atoms with Gasteiger partial charge in [-0.15, -0.1) is 0 Å². The molecule has 0 spiro atoms. The van der Waals surface area contributed by atoms with Gasteiger partial charge in [0.05, 0.1) is 11.6 Å².